The molecule has 4 nitrogen and oxygen atoms in total. The third-order valence-electron chi connectivity index (χ3n) is 2.38. The molecule has 0 aliphatic rings. The van der Waals surface area contributed by atoms with E-state index in [1.165, 1.54) is 4.31 Å². The van der Waals surface area contributed by atoms with Crippen LogP contribution in [-0.4, -0.2) is 26.3 Å². The van der Waals surface area contributed by atoms with E-state index in [0.29, 0.717) is 18.0 Å². The second kappa shape index (κ2) is 5.43. The topological polar surface area (TPSA) is 63.4 Å². The van der Waals surface area contributed by atoms with Crippen molar-refractivity contribution in [2.24, 2.45) is 5.73 Å². The molecule has 1 aromatic rings. The molecule has 5 heteroatoms. The van der Waals surface area contributed by atoms with Crippen LogP contribution in [0.15, 0.2) is 29.2 Å². The molecule has 0 bridgehead atoms. The Morgan fingerprint density at radius 2 is 2.06 bits per heavy atom. The van der Waals surface area contributed by atoms with Gasteiger partial charge in [0.2, 0.25) is 10.0 Å². The minimum absolute atomic E-state index is 0.311. The minimum Gasteiger partial charge on any atom is -0.326 e. The summed E-state index contributed by atoms with van der Waals surface area (Å²) in [6.07, 6.45) is 0.798. The summed E-state index contributed by atoms with van der Waals surface area (Å²) in [6.45, 7) is 2.82. The van der Waals surface area contributed by atoms with Gasteiger partial charge >= 0.3 is 0 Å². The highest BCUT2D eigenvalue weighted by molar-refractivity contribution is 7.89. The Morgan fingerprint density at radius 3 is 2.62 bits per heavy atom. The molecule has 0 spiro atoms. The molecular weight excluding hydrogens is 224 g/mol. The Balaban J connectivity index is 3.06. The molecule has 2 N–H and O–H groups in total. The summed E-state index contributed by atoms with van der Waals surface area (Å²) in [7, 11) is -1.76. The van der Waals surface area contributed by atoms with Crippen molar-refractivity contribution in [2.75, 3.05) is 13.6 Å². The van der Waals surface area contributed by atoms with Crippen LogP contribution in [0.4, 0.5) is 0 Å². The molecule has 0 saturated carbocycles. The van der Waals surface area contributed by atoms with Gasteiger partial charge in [0.25, 0.3) is 0 Å². The summed E-state index contributed by atoms with van der Waals surface area (Å²) in [5.74, 6) is 0. The standard InChI is InChI=1S/C11H18N2O2S/c1-3-7-13(2)16(14,15)11-6-4-5-10(8-11)9-12/h4-6,8H,3,7,9,12H2,1-2H3. The van der Waals surface area contributed by atoms with Gasteiger partial charge in [-0.3, -0.25) is 0 Å². The highest BCUT2D eigenvalue weighted by Gasteiger charge is 2.19. The lowest BCUT2D eigenvalue weighted by atomic mass is 10.2. The van der Waals surface area contributed by atoms with Crippen molar-refractivity contribution in [2.45, 2.75) is 24.8 Å². The average molecular weight is 242 g/mol. The van der Waals surface area contributed by atoms with Gasteiger partial charge in [-0.25, -0.2) is 12.7 Å². The number of nitrogens with zero attached hydrogens (tertiary/aromatic N) is 1. The van der Waals surface area contributed by atoms with Crippen LogP contribution in [-0.2, 0) is 16.6 Å². The van der Waals surface area contributed by atoms with E-state index in [2.05, 4.69) is 0 Å². The summed E-state index contributed by atoms with van der Waals surface area (Å²) in [4.78, 5) is 0.311. The van der Waals surface area contributed by atoms with Crippen LogP contribution >= 0.6 is 0 Å². The Morgan fingerprint density at radius 1 is 1.38 bits per heavy atom. The highest BCUT2D eigenvalue weighted by atomic mass is 32.2. The van der Waals surface area contributed by atoms with E-state index in [0.717, 1.165) is 12.0 Å². The van der Waals surface area contributed by atoms with Crippen LogP contribution in [0.2, 0.25) is 0 Å². The zero-order valence-corrected chi connectivity index (χ0v) is 10.5. The van der Waals surface area contributed by atoms with Crippen LogP contribution in [0.5, 0.6) is 0 Å². The van der Waals surface area contributed by atoms with Crippen LogP contribution in [0.1, 0.15) is 18.9 Å². The quantitative estimate of drug-likeness (QED) is 0.843. The maximum atomic E-state index is 12.1. The molecule has 1 aromatic carbocycles. The first-order valence-corrected chi connectivity index (χ1v) is 6.71. The molecule has 0 radical (unpaired) electrons. The van der Waals surface area contributed by atoms with Crippen LogP contribution in [0.3, 0.4) is 0 Å². The summed E-state index contributed by atoms with van der Waals surface area (Å²) in [5, 5.41) is 0. The normalized spacial score (nSPS) is 12.0. The average Bonchev–Trinajstić information content (AvgIpc) is 2.29. The van der Waals surface area contributed by atoms with E-state index in [-0.39, 0.29) is 0 Å². The van der Waals surface area contributed by atoms with Gasteiger partial charge in [-0.05, 0) is 24.1 Å². The van der Waals surface area contributed by atoms with Gasteiger partial charge in [-0.15, -0.1) is 0 Å². The fraction of sp³-hybridized carbons (Fsp3) is 0.455. The SMILES string of the molecule is CCCN(C)S(=O)(=O)c1cccc(CN)c1. The molecule has 0 aromatic heterocycles. The number of nitrogens with two attached hydrogens (primary N) is 1. The number of hydrogen-bond donors (Lipinski definition) is 1. The second-order valence-corrected chi connectivity index (χ2v) is 5.72. The lowest BCUT2D eigenvalue weighted by molar-refractivity contribution is 0.468. The van der Waals surface area contributed by atoms with Crippen molar-refractivity contribution in [3.63, 3.8) is 0 Å². The summed E-state index contributed by atoms with van der Waals surface area (Å²) >= 11 is 0. The van der Waals surface area contributed by atoms with Gasteiger partial charge in [0.05, 0.1) is 4.90 Å². The van der Waals surface area contributed by atoms with Crippen molar-refractivity contribution in [3.8, 4) is 0 Å². The number of rotatable bonds is 5. The highest BCUT2D eigenvalue weighted by Crippen LogP contribution is 2.15. The molecular formula is C11H18N2O2S. The summed E-state index contributed by atoms with van der Waals surface area (Å²) < 4.78 is 25.5. The third kappa shape index (κ3) is 2.81. The van der Waals surface area contributed by atoms with Gasteiger partial charge in [0.15, 0.2) is 0 Å². The smallest absolute Gasteiger partial charge is 0.242 e. The fourth-order valence-electron chi connectivity index (χ4n) is 1.45. The molecule has 0 atom stereocenters. The number of hydrogen-bond acceptors (Lipinski definition) is 3. The first-order chi connectivity index (χ1) is 7.52. The first-order valence-electron chi connectivity index (χ1n) is 5.27. The molecule has 0 aliphatic heterocycles. The van der Waals surface area contributed by atoms with Gasteiger partial charge in [-0.1, -0.05) is 19.1 Å². The summed E-state index contributed by atoms with van der Waals surface area (Å²) in [5.41, 5.74) is 6.31. The predicted octanol–water partition coefficient (Wildman–Crippen LogP) is 1.18. The van der Waals surface area contributed by atoms with Gasteiger partial charge in [0, 0.05) is 20.1 Å². The minimum atomic E-state index is -3.36. The van der Waals surface area contributed by atoms with Crippen LogP contribution < -0.4 is 5.73 Å². The van der Waals surface area contributed by atoms with Crippen molar-refractivity contribution >= 4 is 10.0 Å². The van der Waals surface area contributed by atoms with Gasteiger partial charge < -0.3 is 5.73 Å². The second-order valence-electron chi connectivity index (χ2n) is 3.68. The molecule has 0 fully saturated rings. The van der Waals surface area contributed by atoms with E-state index in [1.54, 1.807) is 25.2 Å². The van der Waals surface area contributed by atoms with Crippen molar-refractivity contribution < 1.29 is 8.42 Å². The largest absolute Gasteiger partial charge is 0.326 e. The molecule has 16 heavy (non-hydrogen) atoms. The first kappa shape index (κ1) is 13.2. The fourth-order valence-corrected chi connectivity index (χ4v) is 2.78. The molecule has 0 heterocycles. The Labute approximate surface area is 97.1 Å². The van der Waals surface area contributed by atoms with Crippen molar-refractivity contribution in [3.05, 3.63) is 29.8 Å². The monoisotopic (exact) mass is 242 g/mol. The number of benzene rings is 1. The lowest BCUT2D eigenvalue weighted by Gasteiger charge is -2.16. The lowest BCUT2D eigenvalue weighted by Crippen LogP contribution is -2.27. The van der Waals surface area contributed by atoms with E-state index < -0.39 is 10.0 Å². The van der Waals surface area contributed by atoms with Gasteiger partial charge in [0.1, 0.15) is 0 Å². The zero-order valence-electron chi connectivity index (χ0n) is 9.68. The predicted molar refractivity (Wildman–Crippen MR) is 64.4 cm³/mol. The molecule has 1 rings (SSSR count). The molecule has 0 aliphatic carbocycles. The molecule has 0 saturated heterocycles. The van der Waals surface area contributed by atoms with Crippen molar-refractivity contribution in [1.82, 2.24) is 4.31 Å². The molecule has 0 amide bonds. The van der Waals surface area contributed by atoms with Gasteiger partial charge in [-0.2, -0.15) is 0 Å². The zero-order chi connectivity index (χ0) is 12.2. The Bertz CT molecular complexity index is 443. The number of sulfonamides is 1. The molecule has 90 valence electrons. The van der Waals surface area contributed by atoms with E-state index in [9.17, 15) is 8.42 Å². The maximum absolute atomic E-state index is 12.1. The molecule has 0 unspecified atom stereocenters. The van der Waals surface area contributed by atoms with E-state index in [1.807, 2.05) is 13.0 Å². The van der Waals surface area contributed by atoms with Crippen LogP contribution in [0.25, 0.3) is 0 Å². The Hall–Kier alpha value is -0.910. The maximum Gasteiger partial charge on any atom is 0.242 e. The van der Waals surface area contributed by atoms with E-state index >= 15 is 0 Å². The summed E-state index contributed by atoms with van der Waals surface area (Å²) in [6, 6.07) is 6.76. The third-order valence-corrected chi connectivity index (χ3v) is 4.23. The Kier molecular flexibility index (Phi) is 4.46. The van der Waals surface area contributed by atoms with Crippen LogP contribution in [0, 0.1) is 0 Å². The van der Waals surface area contributed by atoms with Crippen molar-refractivity contribution in [1.29, 1.82) is 0 Å². The van der Waals surface area contributed by atoms with E-state index in [4.69, 9.17) is 5.73 Å².